The van der Waals surface area contributed by atoms with E-state index >= 15 is 0 Å². The van der Waals surface area contributed by atoms with Crippen molar-refractivity contribution in [3.8, 4) is 11.5 Å². The van der Waals surface area contributed by atoms with E-state index in [0.717, 1.165) is 16.9 Å². The van der Waals surface area contributed by atoms with E-state index in [1.54, 1.807) is 31.6 Å². The average molecular weight is 436 g/mol. The van der Waals surface area contributed by atoms with Gasteiger partial charge in [-0.2, -0.15) is 0 Å². The lowest BCUT2D eigenvalue weighted by Gasteiger charge is -2.26. The Labute approximate surface area is 189 Å². The number of anilines is 2. The molecule has 0 saturated carbocycles. The zero-order valence-corrected chi connectivity index (χ0v) is 19.2. The van der Waals surface area contributed by atoms with Gasteiger partial charge in [-0.05, 0) is 64.1 Å². The van der Waals surface area contributed by atoms with Gasteiger partial charge in [0.2, 0.25) is 0 Å². The second-order valence-electron chi connectivity index (χ2n) is 8.15. The number of aromatic nitrogens is 2. The van der Waals surface area contributed by atoms with Gasteiger partial charge in [0, 0.05) is 35.4 Å². The summed E-state index contributed by atoms with van der Waals surface area (Å²) in [5, 5.41) is 0. The predicted octanol–water partition coefficient (Wildman–Crippen LogP) is 5.18. The molecule has 0 bridgehead atoms. The molecule has 1 heterocycles. The number of ether oxygens (including phenoxy) is 3. The molecule has 168 valence electrons. The molecular weight excluding hydrogens is 406 g/mol. The summed E-state index contributed by atoms with van der Waals surface area (Å²) in [4.78, 5) is 22.8. The molecule has 0 aliphatic heterocycles. The molecule has 0 N–H and O–H groups in total. The summed E-state index contributed by atoms with van der Waals surface area (Å²) in [6.45, 7) is 8.54. The molecule has 3 aromatic rings. The third kappa shape index (κ3) is 5.97. The molecule has 0 aliphatic carbocycles. The van der Waals surface area contributed by atoms with E-state index in [1.165, 1.54) is 6.33 Å². The van der Waals surface area contributed by atoms with Gasteiger partial charge in [-0.3, -0.25) is 0 Å². The maximum atomic E-state index is 12.4. The van der Waals surface area contributed by atoms with Crippen LogP contribution in [0, 0.1) is 0 Å². The molecule has 0 aliphatic rings. The van der Waals surface area contributed by atoms with Gasteiger partial charge in [0.25, 0.3) is 0 Å². The number of nitrogens with zero attached hydrogens (tertiary/aromatic N) is 3. The van der Waals surface area contributed by atoms with Gasteiger partial charge in [-0.25, -0.2) is 14.8 Å². The van der Waals surface area contributed by atoms with Crippen LogP contribution in [0.5, 0.6) is 11.5 Å². The van der Waals surface area contributed by atoms with Crippen molar-refractivity contribution >= 4 is 17.3 Å². The Kier molecular flexibility index (Phi) is 7.30. The van der Waals surface area contributed by atoms with Crippen molar-refractivity contribution in [2.75, 3.05) is 18.6 Å². The Morgan fingerprint density at radius 2 is 1.62 bits per heavy atom. The van der Waals surface area contributed by atoms with E-state index in [-0.39, 0.29) is 5.97 Å². The summed E-state index contributed by atoms with van der Waals surface area (Å²) in [5.74, 6) is 0.973. The van der Waals surface area contributed by atoms with Crippen molar-refractivity contribution in [3.05, 3.63) is 72.3 Å². The first-order valence-corrected chi connectivity index (χ1v) is 10.5. The number of hydrogen-bond acceptors (Lipinski definition) is 7. The summed E-state index contributed by atoms with van der Waals surface area (Å²) in [6.07, 6.45) is 5.06. The van der Waals surface area contributed by atoms with Crippen LogP contribution in [0.4, 0.5) is 11.4 Å². The molecule has 2 aromatic carbocycles. The highest BCUT2D eigenvalue weighted by molar-refractivity contribution is 5.90. The monoisotopic (exact) mass is 435 g/mol. The van der Waals surface area contributed by atoms with Crippen LogP contribution in [0.3, 0.4) is 0 Å². The van der Waals surface area contributed by atoms with Crippen molar-refractivity contribution in [1.82, 2.24) is 9.97 Å². The fourth-order valence-corrected chi connectivity index (χ4v) is 3.14. The molecule has 0 radical (unpaired) electrons. The highest BCUT2D eigenvalue weighted by Crippen LogP contribution is 2.36. The highest BCUT2D eigenvalue weighted by Gasteiger charge is 2.19. The minimum atomic E-state index is -0.548. The van der Waals surface area contributed by atoms with Crippen molar-refractivity contribution in [1.29, 1.82) is 0 Å². The standard InChI is InChI=1S/C25H29N3O4/c1-6-31-23-13-21(11-12-22(23)30-5)28(16-18-14-26-17-27-15-18)20-9-7-19(8-10-20)24(29)32-25(2,3)4/h7-15,17H,6,16H2,1-5H3. The van der Waals surface area contributed by atoms with Crippen LogP contribution in [0.1, 0.15) is 43.6 Å². The van der Waals surface area contributed by atoms with Crippen LogP contribution < -0.4 is 14.4 Å². The van der Waals surface area contributed by atoms with Crippen LogP contribution in [0.25, 0.3) is 0 Å². The molecule has 0 spiro atoms. The average Bonchev–Trinajstić information content (AvgIpc) is 2.77. The first kappa shape index (κ1) is 23.1. The maximum Gasteiger partial charge on any atom is 0.338 e. The molecule has 7 heteroatoms. The minimum absolute atomic E-state index is 0.352. The van der Waals surface area contributed by atoms with Crippen molar-refractivity contribution in [3.63, 3.8) is 0 Å². The lowest BCUT2D eigenvalue weighted by atomic mass is 10.1. The maximum absolute atomic E-state index is 12.4. The van der Waals surface area contributed by atoms with Gasteiger partial charge in [0.05, 0.1) is 25.8 Å². The zero-order valence-electron chi connectivity index (χ0n) is 19.2. The predicted molar refractivity (Wildman–Crippen MR) is 124 cm³/mol. The first-order valence-electron chi connectivity index (χ1n) is 10.5. The Morgan fingerprint density at radius 1 is 0.969 bits per heavy atom. The fraction of sp³-hybridized carbons (Fsp3) is 0.320. The summed E-state index contributed by atoms with van der Waals surface area (Å²) in [7, 11) is 1.62. The van der Waals surface area contributed by atoms with Gasteiger partial charge in [0.1, 0.15) is 11.9 Å². The fourth-order valence-electron chi connectivity index (χ4n) is 3.14. The van der Waals surface area contributed by atoms with Crippen molar-refractivity contribution < 1.29 is 19.0 Å². The Morgan fingerprint density at radius 3 is 2.22 bits per heavy atom. The van der Waals surface area contributed by atoms with E-state index in [1.807, 2.05) is 58.0 Å². The number of carbonyl (C=O) groups is 1. The van der Waals surface area contributed by atoms with E-state index < -0.39 is 5.60 Å². The van der Waals surface area contributed by atoms with Gasteiger partial charge in [0.15, 0.2) is 11.5 Å². The number of hydrogen-bond donors (Lipinski definition) is 0. The Hall–Kier alpha value is -3.61. The molecule has 7 nitrogen and oxygen atoms in total. The van der Waals surface area contributed by atoms with Crippen LogP contribution in [0.15, 0.2) is 61.2 Å². The Bertz CT molecular complexity index is 1030. The van der Waals surface area contributed by atoms with E-state index in [2.05, 4.69) is 14.9 Å². The second-order valence-corrected chi connectivity index (χ2v) is 8.15. The molecule has 0 atom stereocenters. The molecule has 0 fully saturated rings. The lowest BCUT2D eigenvalue weighted by Crippen LogP contribution is -2.24. The lowest BCUT2D eigenvalue weighted by molar-refractivity contribution is 0.00695. The summed E-state index contributed by atoms with van der Waals surface area (Å²) >= 11 is 0. The highest BCUT2D eigenvalue weighted by atomic mass is 16.6. The third-order valence-electron chi connectivity index (χ3n) is 4.53. The SMILES string of the molecule is CCOc1cc(N(Cc2cncnc2)c2ccc(C(=O)OC(C)(C)C)cc2)ccc1OC. The van der Waals surface area contributed by atoms with Crippen LogP contribution >= 0.6 is 0 Å². The van der Waals surface area contributed by atoms with E-state index in [4.69, 9.17) is 14.2 Å². The molecular formula is C25H29N3O4. The third-order valence-corrected chi connectivity index (χ3v) is 4.53. The normalized spacial score (nSPS) is 11.0. The summed E-state index contributed by atoms with van der Waals surface area (Å²) in [5.41, 5.74) is 2.69. The Balaban J connectivity index is 1.97. The number of esters is 1. The first-order chi connectivity index (χ1) is 15.3. The van der Waals surface area contributed by atoms with Gasteiger partial charge >= 0.3 is 5.97 Å². The number of carbonyl (C=O) groups excluding carboxylic acids is 1. The minimum Gasteiger partial charge on any atom is -0.493 e. The van der Waals surface area contributed by atoms with Gasteiger partial charge in [-0.1, -0.05) is 0 Å². The number of methoxy groups -OCH3 is 1. The molecule has 0 unspecified atom stereocenters. The molecule has 32 heavy (non-hydrogen) atoms. The van der Waals surface area contributed by atoms with Gasteiger partial charge < -0.3 is 19.1 Å². The smallest absolute Gasteiger partial charge is 0.338 e. The summed E-state index contributed by atoms with van der Waals surface area (Å²) < 4.78 is 16.7. The van der Waals surface area contributed by atoms with Crippen LogP contribution in [0.2, 0.25) is 0 Å². The molecule has 1 aromatic heterocycles. The largest absolute Gasteiger partial charge is 0.493 e. The number of benzene rings is 2. The summed E-state index contributed by atoms with van der Waals surface area (Å²) in [6, 6.07) is 13.1. The topological polar surface area (TPSA) is 73.8 Å². The second kappa shape index (κ2) is 10.1. The molecule has 0 saturated heterocycles. The van der Waals surface area contributed by atoms with E-state index in [0.29, 0.717) is 30.2 Å². The van der Waals surface area contributed by atoms with E-state index in [9.17, 15) is 4.79 Å². The molecule has 3 rings (SSSR count). The van der Waals surface area contributed by atoms with Crippen molar-refractivity contribution in [2.45, 2.75) is 39.8 Å². The zero-order chi connectivity index (χ0) is 23.1. The van der Waals surface area contributed by atoms with Crippen LogP contribution in [-0.4, -0.2) is 35.3 Å². The van der Waals surface area contributed by atoms with Crippen LogP contribution in [-0.2, 0) is 11.3 Å². The quantitative estimate of drug-likeness (QED) is 0.452. The van der Waals surface area contributed by atoms with Gasteiger partial charge in [-0.15, -0.1) is 0 Å². The number of rotatable bonds is 8. The molecule has 0 amide bonds. The van der Waals surface area contributed by atoms with Crippen molar-refractivity contribution in [2.24, 2.45) is 0 Å².